The summed E-state index contributed by atoms with van der Waals surface area (Å²) in [6.07, 6.45) is 4.70. The van der Waals surface area contributed by atoms with Crippen molar-refractivity contribution in [3.8, 4) is 0 Å². The number of hydrogen-bond acceptors (Lipinski definition) is 3. The molecule has 0 saturated heterocycles. The first-order valence-corrected chi connectivity index (χ1v) is 5.78. The van der Waals surface area contributed by atoms with Gasteiger partial charge in [-0.15, -0.1) is 0 Å². The van der Waals surface area contributed by atoms with Crippen molar-refractivity contribution in [2.45, 2.75) is 39.5 Å². The highest BCUT2D eigenvalue weighted by atomic mass is 16.2. The molecule has 1 aliphatic rings. The quantitative estimate of drug-likeness (QED) is 0.578. The number of Topliss-reactive ketones (excluding diaryl/α,β-unsaturated/α-hetero) is 1. The average molecular weight is 237 g/mol. The highest BCUT2D eigenvalue weighted by Gasteiger charge is 2.22. The molecule has 0 bridgehead atoms. The Morgan fingerprint density at radius 1 is 1.41 bits per heavy atom. The zero-order chi connectivity index (χ0) is 12.8. The van der Waals surface area contributed by atoms with Crippen LogP contribution in [0.25, 0.3) is 0 Å². The van der Waals surface area contributed by atoms with Gasteiger partial charge in [0, 0.05) is 18.8 Å². The van der Waals surface area contributed by atoms with Crippen LogP contribution >= 0.6 is 0 Å². The molecule has 5 nitrogen and oxygen atoms in total. The molecule has 0 aromatic heterocycles. The molecule has 0 atom stereocenters. The summed E-state index contributed by atoms with van der Waals surface area (Å²) in [5, 5.41) is 4.02. The van der Waals surface area contributed by atoms with Crippen molar-refractivity contribution < 1.29 is 9.59 Å². The molecule has 1 rings (SSSR count). The first-order valence-electron chi connectivity index (χ1n) is 5.78. The fourth-order valence-corrected chi connectivity index (χ4v) is 1.89. The van der Waals surface area contributed by atoms with Crippen LogP contribution in [0.5, 0.6) is 0 Å². The summed E-state index contributed by atoms with van der Waals surface area (Å²) >= 11 is 0. The van der Waals surface area contributed by atoms with Gasteiger partial charge >= 0.3 is 6.03 Å². The number of nitrogens with zero attached hydrogens (tertiary/aromatic N) is 1. The highest BCUT2D eigenvalue weighted by molar-refractivity contribution is 5.98. The second-order valence-corrected chi connectivity index (χ2v) is 4.55. The minimum absolute atomic E-state index is 0.231. The molecular weight excluding hydrogens is 218 g/mol. The van der Waals surface area contributed by atoms with E-state index in [9.17, 15) is 9.59 Å². The number of nitrogens with one attached hydrogen (secondary N) is 1. The standard InChI is InChI=1S/C12H19N3O2/c1-8(2)7-11(14-15-12(13)17)9-3-5-10(16)6-4-9/h7,9H,3-6H2,1-2H3,(H3,13,15,17)/b14-11+. The average Bonchev–Trinajstić information content (AvgIpc) is 2.25. The lowest BCUT2D eigenvalue weighted by Crippen LogP contribution is -2.28. The fourth-order valence-electron chi connectivity index (χ4n) is 1.89. The molecule has 0 aromatic carbocycles. The third-order valence-corrected chi connectivity index (χ3v) is 2.69. The number of carbonyl (C=O) groups is 2. The van der Waals surface area contributed by atoms with E-state index in [2.05, 4.69) is 10.5 Å². The van der Waals surface area contributed by atoms with Gasteiger partial charge in [0.25, 0.3) is 0 Å². The van der Waals surface area contributed by atoms with Crippen molar-refractivity contribution in [1.29, 1.82) is 0 Å². The third kappa shape index (κ3) is 4.80. The topological polar surface area (TPSA) is 84.5 Å². The van der Waals surface area contributed by atoms with Crippen LogP contribution in [0.1, 0.15) is 39.5 Å². The summed E-state index contributed by atoms with van der Waals surface area (Å²) in [6, 6.07) is -0.670. The highest BCUT2D eigenvalue weighted by Crippen LogP contribution is 2.23. The molecule has 0 unspecified atom stereocenters. The molecule has 3 N–H and O–H groups in total. The molecule has 5 heteroatoms. The van der Waals surface area contributed by atoms with Gasteiger partial charge in [0.15, 0.2) is 0 Å². The maximum Gasteiger partial charge on any atom is 0.332 e. The summed E-state index contributed by atoms with van der Waals surface area (Å²) in [7, 11) is 0. The lowest BCUT2D eigenvalue weighted by Gasteiger charge is -2.21. The van der Waals surface area contributed by atoms with Crippen molar-refractivity contribution in [3.63, 3.8) is 0 Å². The molecule has 1 aliphatic carbocycles. The van der Waals surface area contributed by atoms with Crippen molar-refractivity contribution in [3.05, 3.63) is 11.6 Å². The van der Waals surface area contributed by atoms with E-state index in [1.807, 2.05) is 19.9 Å². The van der Waals surface area contributed by atoms with E-state index in [0.29, 0.717) is 18.6 Å². The molecule has 1 saturated carbocycles. The van der Waals surface area contributed by atoms with E-state index in [4.69, 9.17) is 5.73 Å². The zero-order valence-corrected chi connectivity index (χ0v) is 10.3. The molecule has 0 radical (unpaired) electrons. The lowest BCUT2D eigenvalue weighted by atomic mass is 9.84. The molecule has 2 amide bonds. The number of hydrazone groups is 1. The van der Waals surface area contributed by atoms with Gasteiger partial charge in [-0.25, -0.2) is 10.2 Å². The van der Waals surface area contributed by atoms with Gasteiger partial charge in [-0.05, 0) is 32.8 Å². The molecule has 0 aromatic rings. The van der Waals surface area contributed by atoms with Gasteiger partial charge < -0.3 is 5.73 Å². The van der Waals surface area contributed by atoms with Gasteiger partial charge in [-0.1, -0.05) is 5.57 Å². The van der Waals surface area contributed by atoms with Crippen molar-refractivity contribution in [2.75, 3.05) is 0 Å². The van der Waals surface area contributed by atoms with Crippen LogP contribution in [-0.2, 0) is 4.79 Å². The van der Waals surface area contributed by atoms with Crippen molar-refractivity contribution in [1.82, 2.24) is 5.43 Å². The number of nitrogens with two attached hydrogens (primary N) is 1. The Kier molecular flexibility index (Phi) is 4.87. The number of primary amides is 1. The van der Waals surface area contributed by atoms with Crippen LogP contribution < -0.4 is 11.2 Å². The summed E-state index contributed by atoms with van der Waals surface area (Å²) in [4.78, 5) is 21.8. The smallest absolute Gasteiger partial charge is 0.332 e. The predicted octanol–water partition coefficient (Wildman–Crippen LogP) is 1.74. The van der Waals surface area contributed by atoms with Crippen LogP contribution in [-0.4, -0.2) is 17.5 Å². The van der Waals surface area contributed by atoms with Crippen LogP contribution in [0.3, 0.4) is 0 Å². The maximum atomic E-state index is 11.2. The molecule has 1 fully saturated rings. The number of amides is 2. The summed E-state index contributed by atoms with van der Waals surface area (Å²) in [5.74, 6) is 0.537. The van der Waals surface area contributed by atoms with E-state index in [-0.39, 0.29) is 5.92 Å². The number of rotatable bonds is 3. The Morgan fingerprint density at radius 3 is 2.47 bits per heavy atom. The normalized spacial score (nSPS) is 17.8. The third-order valence-electron chi connectivity index (χ3n) is 2.69. The minimum atomic E-state index is -0.670. The number of urea groups is 1. The molecule has 94 valence electrons. The van der Waals surface area contributed by atoms with Gasteiger partial charge in [-0.2, -0.15) is 5.10 Å². The first kappa shape index (κ1) is 13.4. The van der Waals surface area contributed by atoms with Gasteiger partial charge in [0.1, 0.15) is 5.78 Å². The van der Waals surface area contributed by atoms with Crippen LogP contribution in [0.15, 0.2) is 16.8 Å². The Morgan fingerprint density at radius 2 is 2.00 bits per heavy atom. The first-order chi connectivity index (χ1) is 7.99. The number of ketones is 1. The molecule has 0 spiro atoms. The van der Waals surface area contributed by atoms with Crippen LogP contribution in [0.4, 0.5) is 4.79 Å². The largest absolute Gasteiger partial charge is 0.350 e. The van der Waals surface area contributed by atoms with E-state index < -0.39 is 6.03 Å². The minimum Gasteiger partial charge on any atom is -0.350 e. The predicted molar refractivity (Wildman–Crippen MR) is 66.6 cm³/mol. The molecule has 17 heavy (non-hydrogen) atoms. The van der Waals surface area contributed by atoms with Gasteiger partial charge in [0.05, 0.1) is 5.71 Å². The number of hydrogen-bond donors (Lipinski definition) is 2. The Balaban J connectivity index is 2.76. The van der Waals surface area contributed by atoms with E-state index in [1.54, 1.807) is 0 Å². The SMILES string of the molecule is CC(C)=C/C(=N\NC(N)=O)C1CCC(=O)CC1. The second-order valence-electron chi connectivity index (χ2n) is 4.55. The second kappa shape index (κ2) is 6.18. The van der Waals surface area contributed by atoms with Crippen molar-refractivity contribution in [2.24, 2.45) is 16.8 Å². The summed E-state index contributed by atoms with van der Waals surface area (Å²) < 4.78 is 0. The summed E-state index contributed by atoms with van der Waals surface area (Å²) in [6.45, 7) is 3.93. The lowest BCUT2D eigenvalue weighted by molar-refractivity contribution is -0.120. The van der Waals surface area contributed by atoms with E-state index in [1.165, 1.54) is 0 Å². The molecule has 0 aliphatic heterocycles. The Labute approximate surface area is 101 Å². The maximum absolute atomic E-state index is 11.2. The Hall–Kier alpha value is -1.65. The molecule has 0 heterocycles. The van der Waals surface area contributed by atoms with Gasteiger partial charge in [0.2, 0.25) is 0 Å². The van der Waals surface area contributed by atoms with E-state index >= 15 is 0 Å². The van der Waals surface area contributed by atoms with Gasteiger partial charge in [-0.3, -0.25) is 4.79 Å². The van der Waals surface area contributed by atoms with Crippen molar-refractivity contribution >= 4 is 17.5 Å². The summed E-state index contributed by atoms with van der Waals surface area (Å²) in [5.41, 5.74) is 9.15. The zero-order valence-electron chi connectivity index (χ0n) is 10.3. The monoisotopic (exact) mass is 237 g/mol. The molecular formula is C12H19N3O2. The van der Waals surface area contributed by atoms with Crippen LogP contribution in [0, 0.1) is 5.92 Å². The number of allylic oxidation sites excluding steroid dienone is 2. The Bertz CT molecular complexity index is 358. The van der Waals surface area contributed by atoms with Crippen LogP contribution in [0.2, 0.25) is 0 Å². The van der Waals surface area contributed by atoms with E-state index in [0.717, 1.165) is 24.1 Å². The number of carbonyl (C=O) groups excluding carboxylic acids is 2. The fraction of sp³-hybridized carbons (Fsp3) is 0.583.